The first-order valence-corrected chi connectivity index (χ1v) is 7.08. The summed E-state index contributed by atoms with van der Waals surface area (Å²) in [5.41, 5.74) is 1.10. The van der Waals surface area contributed by atoms with Crippen LogP contribution in [0.15, 0.2) is 60.7 Å². The van der Waals surface area contributed by atoms with Gasteiger partial charge in [0.05, 0.1) is 0 Å². The van der Waals surface area contributed by atoms with Crippen LogP contribution in [0.5, 0.6) is 5.75 Å². The molecule has 0 aliphatic carbocycles. The van der Waals surface area contributed by atoms with Gasteiger partial charge < -0.3 is 10.1 Å². The van der Waals surface area contributed by atoms with E-state index in [9.17, 15) is 4.79 Å². The third-order valence-corrected chi connectivity index (χ3v) is 3.40. The number of ether oxygens (including phenoxy) is 1. The fraction of sp³-hybridized carbons (Fsp3) is 0.278. The van der Waals surface area contributed by atoms with Gasteiger partial charge in [-0.2, -0.15) is 0 Å². The first-order chi connectivity index (χ1) is 10.1. The molecule has 2 aromatic carbocycles. The second-order valence-electron chi connectivity index (χ2n) is 5.63. The lowest BCUT2D eigenvalue weighted by Crippen LogP contribution is -2.38. The van der Waals surface area contributed by atoms with E-state index in [2.05, 4.69) is 31.3 Å². The third kappa shape index (κ3) is 4.63. The minimum absolute atomic E-state index is 0.0366. The zero-order valence-electron chi connectivity index (χ0n) is 12.5. The number of nitrogens with one attached hydrogen (secondary N) is 1. The zero-order chi connectivity index (χ0) is 15.1. The molecule has 3 heteroatoms. The van der Waals surface area contributed by atoms with Crippen molar-refractivity contribution in [3.63, 3.8) is 0 Å². The van der Waals surface area contributed by atoms with E-state index in [1.54, 1.807) is 0 Å². The maximum Gasteiger partial charge on any atom is 0.257 e. The molecule has 110 valence electrons. The number of amides is 1. The van der Waals surface area contributed by atoms with Gasteiger partial charge in [0.1, 0.15) is 5.75 Å². The summed E-state index contributed by atoms with van der Waals surface area (Å²) in [5, 5.41) is 2.93. The van der Waals surface area contributed by atoms with E-state index in [1.807, 2.05) is 48.5 Å². The van der Waals surface area contributed by atoms with Crippen molar-refractivity contribution in [2.75, 3.05) is 13.2 Å². The highest BCUT2D eigenvalue weighted by molar-refractivity contribution is 5.77. The van der Waals surface area contributed by atoms with Crippen molar-refractivity contribution in [3.8, 4) is 5.75 Å². The second kappa shape index (κ2) is 6.93. The fourth-order valence-corrected chi connectivity index (χ4v) is 2.03. The van der Waals surface area contributed by atoms with Crippen LogP contribution in [0.1, 0.15) is 19.4 Å². The number of hydrogen-bond donors (Lipinski definition) is 1. The summed E-state index contributed by atoms with van der Waals surface area (Å²) in [4.78, 5) is 11.9. The summed E-state index contributed by atoms with van der Waals surface area (Å²) in [6.45, 7) is 4.84. The summed E-state index contributed by atoms with van der Waals surface area (Å²) in [5.74, 6) is 0.595. The van der Waals surface area contributed by atoms with E-state index in [-0.39, 0.29) is 17.9 Å². The van der Waals surface area contributed by atoms with Crippen LogP contribution in [0, 0.1) is 0 Å². The maximum absolute atomic E-state index is 11.9. The third-order valence-electron chi connectivity index (χ3n) is 3.40. The molecule has 2 rings (SSSR count). The van der Waals surface area contributed by atoms with Gasteiger partial charge >= 0.3 is 0 Å². The molecule has 0 aromatic heterocycles. The summed E-state index contributed by atoms with van der Waals surface area (Å²) in [6, 6.07) is 19.5. The Kier molecular flexibility index (Phi) is 4.99. The van der Waals surface area contributed by atoms with Gasteiger partial charge in [0.15, 0.2) is 6.61 Å². The highest BCUT2D eigenvalue weighted by atomic mass is 16.5. The van der Waals surface area contributed by atoms with Crippen LogP contribution >= 0.6 is 0 Å². The predicted octanol–water partition coefficient (Wildman–Crippen LogP) is 3.16. The van der Waals surface area contributed by atoms with Crippen molar-refractivity contribution in [1.29, 1.82) is 0 Å². The van der Waals surface area contributed by atoms with Crippen LogP contribution in [0.25, 0.3) is 0 Å². The van der Waals surface area contributed by atoms with Crippen molar-refractivity contribution in [3.05, 3.63) is 66.2 Å². The summed E-state index contributed by atoms with van der Waals surface area (Å²) < 4.78 is 5.43. The van der Waals surface area contributed by atoms with Gasteiger partial charge in [-0.1, -0.05) is 62.4 Å². The van der Waals surface area contributed by atoms with Crippen molar-refractivity contribution in [1.82, 2.24) is 5.32 Å². The average molecular weight is 283 g/mol. The van der Waals surface area contributed by atoms with Gasteiger partial charge in [0.2, 0.25) is 0 Å². The van der Waals surface area contributed by atoms with Gasteiger partial charge in [-0.25, -0.2) is 0 Å². The molecule has 3 nitrogen and oxygen atoms in total. The molecule has 0 bridgehead atoms. The smallest absolute Gasteiger partial charge is 0.257 e. The van der Waals surface area contributed by atoms with E-state index in [0.717, 1.165) is 0 Å². The van der Waals surface area contributed by atoms with Gasteiger partial charge in [-0.3, -0.25) is 4.79 Å². The Labute approximate surface area is 126 Å². The molecule has 0 saturated heterocycles. The highest BCUT2D eigenvalue weighted by Gasteiger charge is 2.21. The van der Waals surface area contributed by atoms with Gasteiger partial charge in [-0.15, -0.1) is 0 Å². The monoisotopic (exact) mass is 283 g/mol. The minimum atomic E-state index is -0.108. The number of carbonyl (C=O) groups is 1. The Bertz CT molecular complexity index is 564. The molecule has 0 heterocycles. The van der Waals surface area contributed by atoms with Crippen LogP contribution in [0.4, 0.5) is 0 Å². The minimum Gasteiger partial charge on any atom is -0.484 e. The molecule has 1 amide bonds. The maximum atomic E-state index is 11.9. The number of benzene rings is 2. The van der Waals surface area contributed by atoms with Crippen molar-refractivity contribution < 1.29 is 9.53 Å². The quantitative estimate of drug-likeness (QED) is 0.884. The fourth-order valence-electron chi connectivity index (χ4n) is 2.03. The van der Waals surface area contributed by atoms with Crippen LogP contribution in [0.2, 0.25) is 0 Å². The first-order valence-electron chi connectivity index (χ1n) is 7.08. The zero-order valence-corrected chi connectivity index (χ0v) is 12.5. The topological polar surface area (TPSA) is 38.3 Å². The van der Waals surface area contributed by atoms with Crippen LogP contribution < -0.4 is 10.1 Å². The van der Waals surface area contributed by atoms with E-state index in [1.165, 1.54) is 5.56 Å². The largest absolute Gasteiger partial charge is 0.484 e. The Morgan fingerprint density at radius 1 is 1.00 bits per heavy atom. The molecule has 2 aromatic rings. The molecule has 0 saturated carbocycles. The molecule has 0 unspecified atom stereocenters. The summed E-state index contributed by atoms with van der Waals surface area (Å²) >= 11 is 0. The van der Waals surface area contributed by atoms with Crippen LogP contribution in [-0.2, 0) is 10.2 Å². The van der Waals surface area contributed by atoms with Gasteiger partial charge in [0, 0.05) is 12.0 Å². The molecule has 1 N–H and O–H groups in total. The van der Waals surface area contributed by atoms with E-state index >= 15 is 0 Å². The Morgan fingerprint density at radius 3 is 2.19 bits per heavy atom. The molecule has 0 atom stereocenters. The summed E-state index contributed by atoms with van der Waals surface area (Å²) in [7, 11) is 0. The normalized spacial score (nSPS) is 11.0. The lowest BCUT2D eigenvalue weighted by molar-refractivity contribution is -0.123. The number of hydrogen-bond acceptors (Lipinski definition) is 2. The van der Waals surface area contributed by atoms with Crippen molar-refractivity contribution >= 4 is 5.91 Å². The predicted molar refractivity (Wildman–Crippen MR) is 84.4 cm³/mol. The van der Waals surface area contributed by atoms with Crippen molar-refractivity contribution in [2.24, 2.45) is 0 Å². The Hall–Kier alpha value is -2.29. The second-order valence-corrected chi connectivity index (χ2v) is 5.63. The van der Waals surface area contributed by atoms with E-state index < -0.39 is 0 Å². The lowest BCUT2D eigenvalue weighted by atomic mass is 9.84. The van der Waals surface area contributed by atoms with E-state index in [4.69, 9.17) is 4.74 Å². The molecule has 0 radical (unpaired) electrons. The summed E-state index contributed by atoms with van der Waals surface area (Å²) in [6.07, 6.45) is 0. The molecule has 0 fully saturated rings. The SMILES string of the molecule is CC(C)(CNC(=O)COc1ccccc1)c1ccccc1. The van der Waals surface area contributed by atoms with Gasteiger partial charge in [0.25, 0.3) is 5.91 Å². The Balaban J connectivity index is 1.81. The van der Waals surface area contributed by atoms with Crippen molar-refractivity contribution in [2.45, 2.75) is 19.3 Å². The molecule has 21 heavy (non-hydrogen) atoms. The molecule has 0 aliphatic heterocycles. The standard InChI is InChI=1S/C18H21NO2/c1-18(2,15-9-5-3-6-10-15)14-19-17(20)13-21-16-11-7-4-8-12-16/h3-12H,13-14H2,1-2H3,(H,19,20). The molecular weight excluding hydrogens is 262 g/mol. The van der Waals surface area contributed by atoms with Crippen LogP contribution in [0.3, 0.4) is 0 Å². The Morgan fingerprint density at radius 2 is 1.57 bits per heavy atom. The molecule has 0 spiro atoms. The van der Waals surface area contributed by atoms with Crippen LogP contribution in [-0.4, -0.2) is 19.1 Å². The number of rotatable bonds is 6. The first kappa shape index (κ1) is 15.1. The molecule has 0 aliphatic rings. The average Bonchev–Trinajstić information content (AvgIpc) is 2.53. The number of carbonyl (C=O) groups excluding carboxylic acids is 1. The lowest BCUT2D eigenvalue weighted by Gasteiger charge is -2.25. The molecular formula is C18H21NO2. The van der Waals surface area contributed by atoms with Gasteiger partial charge in [-0.05, 0) is 17.7 Å². The highest BCUT2D eigenvalue weighted by Crippen LogP contribution is 2.21. The number of para-hydroxylation sites is 1. The van der Waals surface area contributed by atoms with E-state index in [0.29, 0.717) is 12.3 Å².